The summed E-state index contributed by atoms with van der Waals surface area (Å²) in [6.45, 7) is 2.36. The number of hydrogen-bond acceptors (Lipinski definition) is 5. The lowest BCUT2D eigenvalue weighted by molar-refractivity contribution is -0.122. The first-order valence-corrected chi connectivity index (χ1v) is 9.21. The molecule has 0 spiro atoms. The number of carbonyl (C=O) groups excluding carboxylic acids is 3. The van der Waals surface area contributed by atoms with E-state index in [2.05, 4.69) is 21.2 Å². The number of ether oxygens (including phenoxy) is 2. The Bertz CT molecular complexity index is 969. The van der Waals surface area contributed by atoms with E-state index in [-0.39, 0.29) is 5.57 Å². The van der Waals surface area contributed by atoms with E-state index in [1.807, 2.05) is 6.92 Å². The van der Waals surface area contributed by atoms with E-state index in [4.69, 9.17) is 9.47 Å². The number of imide groups is 2. The number of anilines is 1. The molecule has 0 unspecified atom stereocenters. The molecular weight excluding hydrogens is 428 g/mol. The summed E-state index contributed by atoms with van der Waals surface area (Å²) in [4.78, 5) is 38.3. The molecule has 1 heterocycles. The molecule has 8 heteroatoms. The lowest BCUT2D eigenvalue weighted by atomic mass is 10.1. The number of nitrogens with one attached hydrogen (secondary N) is 1. The molecule has 2 aromatic rings. The van der Waals surface area contributed by atoms with Gasteiger partial charge in [0.25, 0.3) is 11.8 Å². The molecule has 3 rings (SSSR count). The number of barbiturate groups is 1. The Balaban J connectivity index is 1.97. The van der Waals surface area contributed by atoms with Crippen molar-refractivity contribution >= 4 is 45.5 Å². The van der Waals surface area contributed by atoms with E-state index < -0.39 is 17.8 Å². The van der Waals surface area contributed by atoms with Crippen molar-refractivity contribution in [2.24, 2.45) is 0 Å². The molecule has 1 aliphatic heterocycles. The van der Waals surface area contributed by atoms with Crippen molar-refractivity contribution < 1.29 is 23.9 Å². The summed E-state index contributed by atoms with van der Waals surface area (Å²) in [6, 6.07) is 10.8. The Kier molecular flexibility index (Phi) is 5.79. The number of halogens is 1. The van der Waals surface area contributed by atoms with Gasteiger partial charge in [-0.05, 0) is 61.0 Å². The fraction of sp³-hybridized carbons (Fsp3) is 0.150. The van der Waals surface area contributed by atoms with Crippen molar-refractivity contribution in [3.63, 3.8) is 0 Å². The van der Waals surface area contributed by atoms with Gasteiger partial charge in [-0.2, -0.15) is 0 Å². The van der Waals surface area contributed by atoms with Crippen LogP contribution in [0.4, 0.5) is 10.5 Å². The second kappa shape index (κ2) is 8.26. The number of amides is 4. The predicted octanol–water partition coefficient (Wildman–Crippen LogP) is 3.52. The number of methoxy groups -OCH3 is 1. The van der Waals surface area contributed by atoms with Crippen LogP contribution in [0.1, 0.15) is 12.5 Å². The number of rotatable bonds is 5. The van der Waals surface area contributed by atoms with Gasteiger partial charge >= 0.3 is 6.03 Å². The van der Waals surface area contributed by atoms with Crippen molar-refractivity contribution in [1.29, 1.82) is 0 Å². The van der Waals surface area contributed by atoms with E-state index in [0.29, 0.717) is 29.4 Å². The second-order valence-corrected chi connectivity index (χ2v) is 6.72. The molecule has 0 aliphatic carbocycles. The van der Waals surface area contributed by atoms with Crippen molar-refractivity contribution in [3.05, 3.63) is 58.1 Å². The number of carbonyl (C=O) groups is 3. The third-order valence-corrected chi connectivity index (χ3v) is 4.41. The highest BCUT2D eigenvalue weighted by Gasteiger charge is 2.36. The summed E-state index contributed by atoms with van der Waals surface area (Å²) < 4.78 is 11.3. The van der Waals surface area contributed by atoms with E-state index in [1.54, 1.807) is 42.5 Å². The maximum absolute atomic E-state index is 12.9. The average molecular weight is 445 g/mol. The Morgan fingerprint density at radius 3 is 2.43 bits per heavy atom. The van der Waals surface area contributed by atoms with Crippen molar-refractivity contribution in [2.75, 3.05) is 18.6 Å². The number of urea groups is 1. The maximum Gasteiger partial charge on any atom is 0.335 e. The molecule has 7 nitrogen and oxygen atoms in total. The predicted molar refractivity (Wildman–Crippen MR) is 107 cm³/mol. The molecule has 1 saturated heterocycles. The summed E-state index contributed by atoms with van der Waals surface area (Å²) in [5.41, 5.74) is 0.746. The fourth-order valence-corrected chi connectivity index (χ4v) is 3.19. The molecule has 144 valence electrons. The highest BCUT2D eigenvalue weighted by Crippen LogP contribution is 2.26. The normalized spacial score (nSPS) is 15.6. The van der Waals surface area contributed by atoms with E-state index in [0.717, 1.165) is 9.37 Å². The Hall–Kier alpha value is -3.13. The summed E-state index contributed by atoms with van der Waals surface area (Å²) in [7, 11) is 1.52. The van der Waals surface area contributed by atoms with Crippen molar-refractivity contribution in [3.8, 4) is 11.5 Å². The van der Waals surface area contributed by atoms with Gasteiger partial charge in [-0.15, -0.1) is 0 Å². The molecule has 2 aromatic carbocycles. The minimum Gasteiger partial charge on any atom is -0.497 e. The molecule has 0 radical (unpaired) electrons. The van der Waals surface area contributed by atoms with Crippen LogP contribution in [0.15, 0.2) is 52.5 Å². The van der Waals surface area contributed by atoms with Crippen molar-refractivity contribution in [2.45, 2.75) is 6.92 Å². The SMILES string of the molecule is CCOc1ccc(N2C(=O)NC(=O)/C(=C\c3cc(Br)cc(OC)c3)C2=O)cc1. The topological polar surface area (TPSA) is 84.9 Å². The minimum absolute atomic E-state index is 0.159. The van der Waals surface area contributed by atoms with Gasteiger partial charge in [0.15, 0.2) is 0 Å². The van der Waals surface area contributed by atoms with Gasteiger partial charge in [-0.1, -0.05) is 15.9 Å². The van der Waals surface area contributed by atoms with Crippen LogP contribution in [0, 0.1) is 0 Å². The van der Waals surface area contributed by atoms with Crippen LogP contribution in [0.25, 0.3) is 6.08 Å². The van der Waals surface area contributed by atoms with E-state index in [1.165, 1.54) is 13.2 Å². The zero-order valence-corrected chi connectivity index (χ0v) is 16.8. The lowest BCUT2D eigenvalue weighted by Crippen LogP contribution is -2.54. The molecule has 1 fully saturated rings. The first-order chi connectivity index (χ1) is 13.4. The number of benzene rings is 2. The van der Waals surface area contributed by atoms with Crippen LogP contribution < -0.4 is 19.7 Å². The van der Waals surface area contributed by atoms with Gasteiger partial charge in [0.2, 0.25) is 0 Å². The number of hydrogen-bond donors (Lipinski definition) is 1. The highest BCUT2D eigenvalue weighted by atomic mass is 79.9. The largest absolute Gasteiger partial charge is 0.497 e. The first-order valence-electron chi connectivity index (χ1n) is 8.42. The smallest absolute Gasteiger partial charge is 0.335 e. The van der Waals surface area contributed by atoms with Crippen LogP contribution in [-0.2, 0) is 9.59 Å². The van der Waals surface area contributed by atoms with Crippen LogP contribution >= 0.6 is 15.9 Å². The van der Waals surface area contributed by atoms with Gasteiger partial charge in [-0.25, -0.2) is 9.69 Å². The lowest BCUT2D eigenvalue weighted by Gasteiger charge is -2.26. The molecule has 1 aliphatic rings. The van der Waals surface area contributed by atoms with Gasteiger partial charge in [-0.3, -0.25) is 14.9 Å². The Morgan fingerprint density at radius 1 is 1.07 bits per heavy atom. The van der Waals surface area contributed by atoms with Gasteiger partial charge in [0.05, 0.1) is 19.4 Å². The number of nitrogens with zero attached hydrogens (tertiary/aromatic N) is 1. The van der Waals surface area contributed by atoms with Crippen LogP contribution in [0.3, 0.4) is 0 Å². The zero-order valence-electron chi connectivity index (χ0n) is 15.2. The summed E-state index contributed by atoms with van der Waals surface area (Å²) in [5, 5.41) is 2.20. The van der Waals surface area contributed by atoms with Gasteiger partial charge in [0.1, 0.15) is 17.1 Å². The summed E-state index contributed by atoms with van der Waals surface area (Å²) in [6.07, 6.45) is 1.42. The molecule has 0 aromatic heterocycles. The molecular formula is C20H17BrN2O5. The first kappa shape index (κ1) is 19.6. The summed E-state index contributed by atoms with van der Waals surface area (Å²) >= 11 is 3.36. The van der Waals surface area contributed by atoms with Crippen molar-refractivity contribution in [1.82, 2.24) is 5.32 Å². The molecule has 0 atom stereocenters. The van der Waals surface area contributed by atoms with Gasteiger partial charge in [0, 0.05) is 4.47 Å². The molecule has 28 heavy (non-hydrogen) atoms. The highest BCUT2D eigenvalue weighted by molar-refractivity contribution is 9.10. The fourth-order valence-electron chi connectivity index (χ4n) is 2.70. The van der Waals surface area contributed by atoms with Crippen LogP contribution in [0.5, 0.6) is 11.5 Å². The quantitative estimate of drug-likeness (QED) is 0.563. The maximum atomic E-state index is 12.9. The van der Waals surface area contributed by atoms with Crippen LogP contribution in [-0.4, -0.2) is 31.6 Å². The molecule has 0 bridgehead atoms. The molecule has 0 saturated carbocycles. The third kappa shape index (κ3) is 4.07. The standard InChI is InChI=1S/C20H17BrN2O5/c1-3-28-15-6-4-14(5-7-15)23-19(25)17(18(24)22-20(23)26)10-12-8-13(21)11-16(9-12)27-2/h4-11H,3H2,1-2H3,(H,22,24,26)/b17-10+. The Morgan fingerprint density at radius 2 is 1.79 bits per heavy atom. The average Bonchev–Trinajstić information content (AvgIpc) is 2.66. The minimum atomic E-state index is -0.803. The van der Waals surface area contributed by atoms with E-state index >= 15 is 0 Å². The van der Waals surface area contributed by atoms with E-state index in [9.17, 15) is 14.4 Å². The monoisotopic (exact) mass is 444 g/mol. The zero-order chi connectivity index (χ0) is 20.3. The van der Waals surface area contributed by atoms with Crippen LogP contribution in [0.2, 0.25) is 0 Å². The third-order valence-electron chi connectivity index (χ3n) is 3.95. The van der Waals surface area contributed by atoms with Gasteiger partial charge < -0.3 is 9.47 Å². The molecule has 4 amide bonds. The second-order valence-electron chi connectivity index (χ2n) is 5.81. The molecule has 1 N–H and O–H groups in total. The Labute approximate surface area is 170 Å². The summed E-state index contributed by atoms with van der Waals surface area (Å²) in [5.74, 6) is -0.290.